The van der Waals surface area contributed by atoms with Crippen LogP contribution in [0, 0.1) is 0 Å². The molecule has 0 unspecified atom stereocenters. The highest BCUT2D eigenvalue weighted by Gasteiger charge is 2.13. The first-order chi connectivity index (χ1) is 8.90. The van der Waals surface area contributed by atoms with Crippen molar-refractivity contribution >= 4 is 16.6 Å². The summed E-state index contributed by atoms with van der Waals surface area (Å²) in [7, 11) is 0. The number of benzene rings is 1. The van der Waals surface area contributed by atoms with Crippen molar-refractivity contribution in [2.24, 2.45) is 0 Å². The Balaban J connectivity index is 2.03. The molecule has 3 heteroatoms. The summed E-state index contributed by atoms with van der Waals surface area (Å²) < 4.78 is 2.24. The molecule has 0 bridgehead atoms. The number of hydrogen-bond donors (Lipinski definition) is 1. The Morgan fingerprint density at radius 1 is 1.22 bits per heavy atom. The van der Waals surface area contributed by atoms with Gasteiger partial charge in [-0.2, -0.15) is 0 Å². The quantitative estimate of drug-likeness (QED) is 0.832. The SMILES string of the molecule is C=CCn1ccc2c(N3CCNCC3)cccc21. The molecule has 18 heavy (non-hydrogen) atoms. The summed E-state index contributed by atoms with van der Waals surface area (Å²) in [6, 6.07) is 8.78. The van der Waals surface area contributed by atoms with Gasteiger partial charge in [0.15, 0.2) is 0 Å². The van der Waals surface area contributed by atoms with Crippen LogP contribution in [-0.4, -0.2) is 30.7 Å². The normalized spacial score (nSPS) is 16.1. The highest BCUT2D eigenvalue weighted by molar-refractivity contribution is 5.93. The molecule has 1 saturated heterocycles. The van der Waals surface area contributed by atoms with Crippen molar-refractivity contribution < 1.29 is 0 Å². The second kappa shape index (κ2) is 4.86. The minimum Gasteiger partial charge on any atom is -0.368 e. The van der Waals surface area contributed by atoms with Crippen molar-refractivity contribution in [1.29, 1.82) is 0 Å². The zero-order chi connectivity index (χ0) is 12.4. The summed E-state index contributed by atoms with van der Waals surface area (Å²) >= 11 is 0. The summed E-state index contributed by atoms with van der Waals surface area (Å²) in [5.41, 5.74) is 2.66. The summed E-state index contributed by atoms with van der Waals surface area (Å²) in [6.07, 6.45) is 4.09. The van der Waals surface area contributed by atoms with Crippen molar-refractivity contribution in [1.82, 2.24) is 9.88 Å². The van der Waals surface area contributed by atoms with Gasteiger partial charge in [0.25, 0.3) is 0 Å². The zero-order valence-electron chi connectivity index (χ0n) is 10.6. The Kier molecular flexibility index (Phi) is 3.07. The van der Waals surface area contributed by atoms with Gasteiger partial charge in [-0.05, 0) is 18.2 Å². The summed E-state index contributed by atoms with van der Waals surface area (Å²) in [4.78, 5) is 2.47. The molecule has 94 valence electrons. The van der Waals surface area contributed by atoms with E-state index in [9.17, 15) is 0 Å². The van der Waals surface area contributed by atoms with E-state index in [0.717, 1.165) is 32.7 Å². The van der Waals surface area contributed by atoms with Crippen LogP contribution in [0.4, 0.5) is 5.69 Å². The molecule has 0 radical (unpaired) electrons. The Morgan fingerprint density at radius 2 is 2.06 bits per heavy atom. The molecule has 1 aromatic heterocycles. The van der Waals surface area contributed by atoms with Gasteiger partial charge in [0.2, 0.25) is 0 Å². The van der Waals surface area contributed by atoms with Crippen LogP contribution in [0.3, 0.4) is 0 Å². The van der Waals surface area contributed by atoms with Crippen molar-refractivity contribution in [2.45, 2.75) is 6.54 Å². The van der Waals surface area contributed by atoms with Crippen molar-refractivity contribution in [3.8, 4) is 0 Å². The molecule has 0 spiro atoms. The lowest BCUT2D eigenvalue weighted by Gasteiger charge is -2.30. The van der Waals surface area contributed by atoms with Gasteiger partial charge in [-0.3, -0.25) is 0 Å². The molecule has 1 aliphatic rings. The smallest absolute Gasteiger partial charge is 0.0504 e. The number of allylic oxidation sites excluding steroid dienone is 1. The fourth-order valence-corrected chi connectivity index (χ4v) is 2.69. The minimum absolute atomic E-state index is 0.870. The summed E-state index contributed by atoms with van der Waals surface area (Å²) in [5.74, 6) is 0. The third-order valence-corrected chi connectivity index (χ3v) is 3.57. The van der Waals surface area contributed by atoms with Gasteiger partial charge in [-0.25, -0.2) is 0 Å². The third kappa shape index (κ3) is 1.91. The number of piperazine rings is 1. The topological polar surface area (TPSA) is 20.2 Å². The lowest BCUT2D eigenvalue weighted by Crippen LogP contribution is -2.43. The van der Waals surface area contributed by atoms with Gasteiger partial charge in [-0.15, -0.1) is 6.58 Å². The van der Waals surface area contributed by atoms with Crippen LogP contribution in [0.15, 0.2) is 43.1 Å². The number of aromatic nitrogens is 1. The van der Waals surface area contributed by atoms with E-state index in [2.05, 4.69) is 51.8 Å². The van der Waals surface area contributed by atoms with Crippen LogP contribution in [0.25, 0.3) is 10.9 Å². The lowest BCUT2D eigenvalue weighted by atomic mass is 10.2. The largest absolute Gasteiger partial charge is 0.368 e. The molecule has 3 rings (SSSR count). The number of fused-ring (bicyclic) bond motifs is 1. The highest BCUT2D eigenvalue weighted by Crippen LogP contribution is 2.28. The zero-order valence-corrected chi connectivity index (χ0v) is 10.6. The Labute approximate surface area is 108 Å². The standard InChI is InChI=1S/C15H19N3/c1-2-9-17-10-6-13-14(17)4-3-5-15(13)18-11-7-16-8-12-18/h2-6,10,16H,1,7-9,11-12H2. The predicted octanol–water partition coefficient (Wildman–Crippen LogP) is 2.24. The molecule has 0 atom stereocenters. The van der Waals surface area contributed by atoms with Crippen LogP contribution >= 0.6 is 0 Å². The maximum atomic E-state index is 3.82. The number of anilines is 1. The third-order valence-electron chi connectivity index (χ3n) is 3.57. The van der Waals surface area contributed by atoms with E-state index in [1.54, 1.807) is 0 Å². The molecule has 1 aromatic carbocycles. The van der Waals surface area contributed by atoms with Gasteiger partial charge in [0.1, 0.15) is 0 Å². The van der Waals surface area contributed by atoms with Gasteiger partial charge >= 0.3 is 0 Å². The van der Waals surface area contributed by atoms with E-state index in [4.69, 9.17) is 0 Å². The second-order valence-corrected chi connectivity index (χ2v) is 4.70. The first kappa shape index (κ1) is 11.4. The molecule has 2 aromatic rings. The number of hydrogen-bond acceptors (Lipinski definition) is 2. The molecule has 0 aliphatic carbocycles. The molecule has 1 N–H and O–H groups in total. The fraction of sp³-hybridized carbons (Fsp3) is 0.333. The Morgan fingerprint density at radius 3 is 2.83 bits per heavy atom. The van der Waals surface area contributed by atoms with Crippen molar-refractivity contribution in [2.75, 3.05) is 31.1 Å². The summed E-state index contributed by atoms with van der Waals surface area (Å²) in [6.45, 7) is 9.01. The summed E-state index contributed by atoms with van der Waals surface area (Å²) in [5, 5.41) is 4.75. The van der Waals surface area contributed by atoms with Gasteiger partial charge in [0.05, 0.1) is 5.52 Å². The van der Waals surface area contributed by atoms with Gasteiger partial charge in [0, 0.05) is 50.0 Å². The van der Waals surface area contributed by atoms with Crippen LogP contribution < -0.4 is 10.2 Å². The molecule has 1 fully saturated rings. The van der Waals surface area contributed by atoms with E-state index in [-0.39, 0.29) is 0 Å². The Bertz CT molecular complexity index is 550. The predicted molar refractivity (Wildman–Crippen MR) is 77.2 cm³/mol. The van der Waals surface area contributed by atoms with Crippen LogP contribution in [-0.2, 0) is 6.54 Å². The number of nitrogens with zero attached hydrogens (tertiary/aromatic N) is 2. The van der Waals surface area contributed by atoms with Gasteiger partial charge < -0.3 is 14.8 Å². The number of nitrogens with one attached hydrogen (secondary N) is 1. The maximum absolute atomic E-state index is 3.82. The molecular formula is C15H19N3. The van der Waals surface area contributed by atoms with E-state index in [0.29, 0.717) is 0 Å². The average Bonchev–Trinajstić information content (AvgIpc) is 2.84. The lowest BCUT2D eigenvalue weighted by molar-refractivity contribution is 0.590. The average molecular weight is 241 g/mol. The van der Waals surface area contributed by atoms with E-state index in [1.807, 2.05) is 6.08 Å². The van der Waals surface area contributed by atoms with Crippen LogP contribution in [0.1, 0.15) is 0 Å². The maximum Gasteiger partial charge on any atom is 0.0504 e. The van der Waals surface area contributed by atoms with E-state index < -0.39 is 0 Å². The van der Waals surface area contributed by atoms with E-state index >= 15 is 0 Å². The molecule has 0 amide bonds. The first-order valence-corrected chi connectivity index (χ1v) is 6.54. The molecule has 1 aliphatic heterocycles. The van der Waals surface area contributed by atoms with E-state index in [1.165, 1.54) is 16.6 Å². The molecule has 3 nitrogen and oxygen atoms in total. The van der Waals surface area contributed by atoms with Crippen molar-refractivity contribution in [3.05, 3.63) is 43.1 Å². The second-order valence-electron chi connectivity index (χ2n) is 4.70. The monoisotopic (exact) mass is 241 g/mol. The van der Waals surface area contributed by atoms with Crippen LogP contribution in [0.2, 0.25) is 0 Å². The van der Waals surface area contributed by atoms with Crippen molar-refractivity contribution in [3.63, 3.8) is 0 Å². The Hall–Kier alpha value is -1.74. The minimum atomic E-state index is 0.870. The van der Waals surface area contributed by atoms with Gasteiger partial charge in [-0.1, -0.05) is 12.1 Å². The molecule has 2 heterocycles. The van der Waals surface area contributed by atoms with Crippen LogP contribution in [0.5, 0.6) is 0 Å². The highest BCUT2D eigenvalue weighted by atomic mass is 15.2. The molecule has 0 saturated carbocycles. The number of rotatable bonds is 3. The fourth-order valence-electron chi connectivity index (χ4n) is 2.69. The molecular weight excluding hydrogens is 222 g/mol. The first-order valence-electron chi connectivity index (χ1n) is 6.54.